The Bertz CT molecular complexity index is 1780. The molecule has 0 radical (unpaired) electrons. The van der Waals surface area contributed by atoms with Gasteiger partial charge in [0.05, 0.1) is 30.8 Å². The SMILES string of the molecule is CC(C)[C@H]1COCCCCOc2ccc(cc2)C[C@@H](NC(=O)NC(Cc2ccccc2)(CS(=O)(=O)CCNC(=O)OCc2ccccc2)C(=O)O)C(=O)N1. The van der Waals surface area contributed by atoms with E-state index >= 15 is 0 Å². The van der Waals surface area contributed by atoms with E-state index in [9.17, 15) is 32.7 Å². The van der Waals surface area contributed by atoms with E-state index in [1.165, 1.54) is 0 Å². The summed E-state index contributed by atoms with van der Waals surface area (Å²) in [6.45, 7) is 4.71. The highest BCUT2D eigenvalue weighted by molar-refractivity contribution is 7.91. The molecule has 2 aliphatic heterocycles. The highest BCUT2D eigenvalue weighted by Crippen LogP contribution is 2.19. The third-order valence-electron chi connectivity index (χ3n) is 8.84. The van der Waals surface area contributed by atoms with Crippen molar-refractivity contribution in [3.8, 4) is 5.75 Å². The number of fused-ring (bicyclic) bond motifs is 13. The number of alkyl carbamates (subject to hydrolysis) is 1. The number of carbonyl (C=O) groups is 4. The molecule has 0 fully saturated rings. The highest BCUT2D eigenvalue weighted by atomic mass is 32.2. The number of nitrogens with one attached hydrogen (secondary N) is 4. The standard InChI is InChI=1S/C39H50N4O10S/c1-28(2)34-26-51-20-9-10-21-52-32-17-15-29(16-18-32)23-33(35(44)41-34)42-37(47)43-39(36(45)46,24-30-11-5-3-6-12-30)27-54(49,50)22-19-40-38(48)53-25-31-13-7-4-8-14-31/h3-8,11-18,28,33-34H,9-10,19-27H2,1-2H3,(H,40,48)(H,41,44)(H,45,46)(H2,42,43,47)/t33-,34-,39?/m1/s1. The predicted molar refractivity (Wildman–Crippen MR) is 202 cm³/mol. The number of rotatable bonds is 13. The summed E-state index contributed by atoms with van der Waals surface area (Å²) >= 11 is 0. The van der Waals surface area contributed by atoms with Gasteiger partial charge in [-0.1, -0.05) is 86.6 Å². The van der Waals surface area contributed by atoms with Gasteiger partial charge in [-0.05, 0) is 47.6 Å². The van der Waals surface area contributed by atoms with Crippen LogP contribution in [0.1, 0.15) is 43.4 Å². The number of carboxylic acid groups (broad SMARTS) is 1. The molecule has 3 aromatic carbocycles. The Morgan fingerprint density at radius 1 is 0.944 bits per heavy atom. The smallest absolute Gasteiger partial charge is 0.407 e. The molecule has 2 aliphatic rings. The number of hydrogen-bond acceptors (Lipinski definition) is 9. The van der Waals surface area contributed by atoms with Crippen LogP contribution in [-0.4, -0.2) is 93.0 Å². The number of amides is 4. The third kappa shape index (κ3) is 13.7. The molecule has 3 aromatic rings. The summed E-state index contributed by atoms with van der Waals surface area (Å²) in [6, 6.07) is 21.6. The second-order valence-electron chi connectivity index (χ2n) is 13.6. The van der Waals surface area contributed by atoms with E-state index in [1.807, 2.05) is 19.9 Å². The van der Waals surface area contributed by atoms with Gasteiger partial charge in [-0.3, -0.25) is 4.79 Å². The number of ether oxygens (including phenoxy) is 3. The van der Waals surface area contributed by atoms with Gasteiger partial charge in [-0.25, -0.2) is 22.8 Å². The van der Waals surface area contributed by atoms with E-state index in [4.69, 9.17) is 14.2 Å². The van der Waals surface area contributed by atoms with E-state index in [1.54, 1.807) is 78.9 Å². The van der Waals surface area contributed by atoms with Gasteiger partial charge < -0.3 is 40.6 Å². The van der Waals surface area contributed by atoms with Crippen molar-refractivity contribution in [1.82, 2.24) is 21.3 Å². The lowest BCUT2D eigenvalue weighted by Crippen LogP contribution is -2.64. The quantitative estimate of drug-likeness (QED) is 0.171. The van der Waals surface area contributed by atoms with Crippen LogP contribution in [0.4, 0.5) is 9.59 Å². The highest BCUT2D eigenvalue weighted by Gasteiger charge is 2.45. The zero-order valence-corrected chi connectivity index (χ0v) is 31.4. The molecule has 3 atom stereocenters. The summed E-state index contributed by atoms with van der Waals surface area (Å²) in [5, 5.41) is 21.0. The van der Waals surface area contributed by atoms with Gasteiger partial charge in [0, 0.05) is 26.0 Å². The minimum absolute atomic E-state index is 0.0131. The first kappa shape index (κ1) is 41.6. The molecule has 5 N–H and O–H groups in total. The van der Waals surface area contributed by atoms with Crippen LogP contribution in [-0.2, 0) is 48.3 Å². The van der Waals surface area contributed by atoms with E-state index in [0.717, 1.165) is 18.4 Å². The van der Waals surface area contributed by atoms with E-state index in [2.05, 4.69) is 21.3 Å². The summed E-state index contributed by atoms with van der Waals surface area (Å²) in [5.74, 6) is -3.14. The Morgan fingerprint density at radius 3 is 2.24 bits per heavy atom. The largest absolute Gasteiger partial charge is 0.494 e. The Morgan fingerprint density at radius 2 is 1.59 bits per heavy atom. The topological polar surface area (TPSA) is 198 Å². The van der Waals surface area contributed by atoms with Crippen molar-refractivity contribution < 1.29 is 46.9 Å². The summed E-state index contributed by atoms with van der Waals surface area (Å²) < 4.78 is 43.8. The average molecular weight is 767 g/mol. The molecule has 0 saturated heterocycles. The number of hydrogen-bond donors (Lipinski definition) is 5. The first-order chi connectivity index (χ1) is 25.8. The van der Waals surface area contributed by atoms with Gasteiger partial charge in [0.2, 0.25) is 5.91 Å². The second kappa shape index (κ2) is 20.3. The van der Waals surface area contributed by atoms with Crippen LogP contribution >= 0.6 is 0 Å². The minimum atomic E-state index is -4.24. The van der Waals surface area contributed by atoms with Crippen LogP contribution in [0.3, 0.4) is 0 Å². The molecule has 2 bridgehead atoms. The molecule has 15 heteroatoms. The average Bonchev–Trinajstić information content (AvgIpc) is 3.13. The molecule has 2 heterocycles. The molecule has 292 valence electrons. The number of aliphatic carboxylic acids is 1. The number of carbonyl (C=O) groups excluding carboxylic acids is 3. The fourth-order valence-electron chi connectivity index (χ4n) is 5.77. The van der Waals surface area contributed by atoms with E-state index in [0.29, 0.717) is 30.1 Å². The fraction of sp³-hybridized carbons (Fsp3) is 0.436. The van der Waals surface area contributed by atoms with E-state index in [-0.39, 0.29) is 38.1 Å². The zero-order valence-electron chi connectivity index (χ0n) is 30.6. The van der Waals surface area contributed by atoms with Crippen molar-refractivity contribution in [3.63, 3.8) is 0 Å². The maximum Gasteiger partial charge on any atom is 0.407 e. The van der Waals surface area contributed by atoms with Crippen molar-refractivity contribution in [2.75, 3.05) is 37.9 Å². The third-order valence-corrected chi connectivity index (χ3v) is 10.6. The molecule has 0 aromatic heterocycles. The van der Waals surface area contributed by atoms with Gasteiger partial charge in [0.25, 0.3) is 0 Å². The minimum Gasteiger partial charge on any atom is -0.494 e. The molecular formula is C39H50N4O10S. The lowest BCUT2D eigenvalue weighted by Gasteiger charge is -2.32. The first-order valence-electron chi connectivity index (χ1n) is 17.9. The normalized spacial score (nSPS) is 18.0. The zero-order chi connectivity index (χ0) is 39.0. The monoisotopic (exact) mass is 766 g/mol. The number of benzene rings is 3. The number of sulfone groups is 1. The van der Waals surface area contributed by atoms with Gasteiger partial charge in [0.15, 0.2) is 15.4 Å². The van der Waals surface area contributed by atoms with Crippen molar-refractivity contribution in [2.24, 2.45) is 5.92 Å². The first-order valence-corrected chi connectivity index (χ1v) is 19.8. The van der Waals surface area contributed by atoms with Crippen LogP contribution in [0.5, 0.6) is 5.75 Å². The molecule has 1 unspecified atom stereocenters. The van der Waals surface area contributed by atoms with Crippen LogP contribution in [0, 0.1) is 5.92 Å². The number of urea groups is 1. The van der Waals surface area contributed by atoms with E-state index < -0.39 is 63.3 Å². The van der Waals surface area contributed by atoms with Gasteiger partial charge >= 0.3 is 18.1 Å². The summed E-state index contributed by atoms with van der Waals surface area (Å²) in [4.78, 5) is 52.9. The maximum absolute atomic E-state index is 13.8. The molecule has 0 spiro atoms. The van der Waals surface area contributed by atoms with Crippen LogP contribution in [0.25, 0.3) is 0 Å². The fourth-order valence-corrected chi connectivity index (χ4v) is 7.37. The van der Waals surface area contributed by atoms with Gasteiger partial charge in [-0.15, -0.1) is 0 Å². The van der Waals surface area contributed by atoms with Crippen molar-refractivity contribution >= 4 is 33.8 Å². The van der Waals surface area contributed by atoms with Gasteiger partial charge in [0.1, 0.15) is 18.4 Å². The molecule has 0 saturated carbocycles. The molecule has 54 heavy (non-hydrogen) atoms. The van der Waals surface area contributed by atoms with Crippen LogP contribution < -0.4 is 26.0 Å². The Balaban J connectivity index is 1.53. The molecular weight excluding hydrogens is 717 g/mol. The van der Waals surface area contributed by atoms with Gasteiger partial charge in [-0.2, -0.15) is 0 Å². The van der Waals surface area contributed by atoms with Crippen molar-refractivity contribution in [1.29, 1.82) is 0 Å². The summed E-state index contributed by atoms with van der Waals surface area (Å²) in [7, 11) is -4.24. The lowest BCUT2D eigenvalue weighted by atomic mass is 9.92. The lowest BCUT2D eigenvalue weighted by molar-refractivity contribution is -0.143. The number of carboxylic acids is 1. The summed E-state index contributed by atoms with van der Waals surface area (Å²) in [6.07, 6.45) is 0.359. The molecule has 4 amide bonds. The van der Waals surface area contributed by atoms with Crippen LogP contribution in [0.15, 0.2) is 84.9 Å². The predicted octanol–water partition coefficient (Wildman–Crippen LogP) is 3.63. The van der Waals surface area contributed by atoms with Crippen LogP contribution in [0.2, 0.25) is 0 Å². The van der Waals surface area contributed by atoms with Crippen molar-refractivity contribution in [3.05, 3.63) is 102 Å². The maximum atomic E-state index is 13.8. The molecule has 14 nitrogen and oxygen atoms in total. The Kier molecular flexibility index (Phi) is 15.7. The molecule has 5 rings (SSSR count). The summed E-state index contributed by atoms with van der Waals surface area (Å²) in [5.41, 5.74) is -0.482. The second-order valence-corrected chi connectivity index (χ2v) is 15.8. The Hall–Kier alpha value is -5.15. The molecule has 0 aliphatic carbocycles. The van der Waals surface area contributed by atoms with Crippen molar-refractivity contribution in [2.45, 2.75) is 63.8 Å². The Labute approximate surface area is 316 Å².